The summed E-state index contributed by atoms with van der Waals surface area (Å²) in [4.78, 5) is 0. The summed E-state index contributed by atoms with van der Waals surface area (Å²) >= 11 is 16.0. The number of anilines is 1. The third-order valence-electron chi connectivity index (χ3n) is 4.01. The number of rotatable bonds is 6. The SMILES string of the molecule is Cc1cc(Br)ccc1NCc1ccc(OCc2ccccc2Cl)c(Cl)c1. The lowest BCUT2D eigenvalue weighted by atomic mass is 10.1. The minimum atomic E-state index is 0.384. The van der Waals surface area contributed by atoms with E-state index in [0.717, 1.165) is 21.3 Å². The molecule has 0 fully saturated rings. The van der Waals surface area contributed by atoms with E-state index in [-0.39, 0.29) is 0 Å². The Hall–Kier alpha value is -1.68. The summed E-state index contributed by atoms with van der Waals surface area (Å²) in [5.74, 6) is 0.648. The van der Waals surface area contributed by atoms with Gasteiger partial charge in [0.1, 0.15) is 12.4 Å². The Morgan fingerprint density at radius 2 is 1.77 bits per heavy atom. The van der Waals surface area contributed by atoms with Gasteiger partial charge in [-0.05, 0) is 54.4 Å². The van der Waals surface area contributed by atoms with Gasteiger partial charge < -0.3 is 10.1 Å². The van der Waals surface area contributed by atoms with Crippen molar-refractivity contribution in [1.82, 2.24) is 0 Å². The van der Waals surface area contributed by atoms with Crippen molar-refractivity contribution < 1.29 is 4.74 Å². The van der Waals surface area contributed by atoms with Gasteiger partial charge >= 0.3 is 0 Å². The molecule has 0 heterocycles. The molecule has 0 aromatic heterocycles. The second-order valence-electron chi connectivity index (χ2n) is 5.96. The van der Waals surface area contributed by atoms with Crippen LogP contribution in [0.5, 0.6) is 5.75 Å². The van der Waals surface area contributed by atoms with E-state index in [2.05, 4.69) is 40.3 Å². The molecule has 26 heavy (non-hydrogen) atoms. The van der Waals surface area contributed by atoms with Crippen LogP contribution in [0.1, 0.15) is 16.7 Å². The fourth-order valence-corrected chi connectivity index (χ4v) is 3.49. The molecular weight excluding hydrogens is 433 g/mol. The molecule has 134 valence electrons. The highest BCUT2D eigenvalue weighted by Gasteiger charge is 2.06. The lowest BCUT2D eigenvalue weighted by molar-refractivity contribution is 0.306. The average Bonchev–Trinajstić information content (AvgIpc) is 2.61. The molecule has 3 aromatic rings. The van der Waals surface area contributed by atoms with Crippen LogP contribution in [-0.2, 0) is 13.2 Å². The molecule has 1 N–H and O–H groups in total. The van der Waals surface area contributed by atoms with Crippen LogP contribution in [0.25, 0.3) is 0 Å². The summed E-state index contributed by atoms with van der Waals surface area (Å²) in [6.07, 6.45) is 0. The molecular formula is C21H18BrCl2NO. The maximum atomic E-state index is 6.38. The first kappa shape index (κ1) is 19.1. The van der Waals surface area contributed by atoms with Crippen LogP contribution in [0.4, 0.5) is 5.69 Å². The number of ether oxygens (including phenoxy) is 1. The molecule has 0 aliphatic heterocycles. The molecule has 5 heteroatoms. The number of hydrogen-bond acceptors (Lipinski definition) is 2. The quantitative estimate of drug-likeness (QED) is 0.426. The van der Waals surface area contributed by atoms with Crippen molar-refractivity contribution in [2.45, 2.75) is 20.1 Å². The van der Waals surface area contributed by atoms with Gasteiger partial charge in [0.25, 0.3) is 0 Å². The minimum Gasteiger partial charge on any atom is -0.487 e. The lowest BCUT2D eigenvalue weighted by Gasteiger charge is -2.12. The molecule has 0 aliphatic rings. The first-order chi connectivity index (χ1) is 12.5. The molecule has 3 aromatic carbocycles. The van der Waals surface area contributed by atoms with E-state index >= 15 is 0 Å². The van der Waals surface area contributed by atoms with Crippen LogP contribution in [0, 0.1) is 6.92 Å². The summed E-state index contributed by atoms with van der Waals surface area (Å²) in [6.45, 7) is 3.15. The molecule has 0 radical (unpaired) electrons. The molecule has 2 nitrogen and oxygen atoms in total. The van der Waals surface area contributed by atoms with Gasteiger partial charge in [0.05, 0.1) is 5.02 Å². The van der Waals surface area contributed by atoms with E-state index in [1.807, 2.05) is 48.5 Å². The van der Waals surface area contributed by atoms with Crippen LogP contribution >= 0.6 is 39.1 Å². The Kier molecular flexibility index (Phi) is 6.47. The second-order valence-corrected chi connectivity index (χ2v) is 7.69. The minimum absolute atomic E-state index is 0.384. The number of halogens is 3. The van der Waals surface area contributed by atoms with Crippen LogP contribution in [0.2, 0.25) is 10.0 Å². The van der Waals surface area contributed by atoms with Gasteiger partial charge in [0, 0.05) is 27.3 Å². The largest absolute Gasteiger partial charge is 0.487 e. The van der Waals surface area contributed by atoms with Gasteiger partial charge in [-0.15, -0.1) is 0 Å². The van der Waals surface area contributed by atoms with Crippen LogP contribution in [0.15, 0.2) is 65.1 Å². The molecule has 0 atom stereocenters. The molecule has 0 saturated heterocycles. The first-order valence-corrected chi connectivity index (χ1v) is 9.72. The van der Waals surface area contributed by atoms with E-state index in [1.165, 1.54) is 5.56 Å². The number of hydrogen-bond donors (Lipinski definition) is 1. The van der Waals surface area contributed by atoms with Crippen molar-refractivity contribution >= 4 is 44.8 Å². The first-order valence-electron chi connectivity index (χ1n) is 8.17. The van der Waals surface area contributed by atoms with E-state index < -0.39 is 0 Å². The van der Waals surface area contributed by atoms with Crippen molar-refractivity contribution in [2.75, 3.05) is 5.32 Å². The van der Waals surface area contributed by atoms with E-state index in [0.29, 0.717) is 28.9 Å². The molecule has 0 amide bonds. The van der Waals surface area contributed by atoms with Crippen molar-refractivity contribution in [3.63, 3.8) is 0 Å². The highest BCUT2D eigenvalue weighted by Crippen LogP contribution is 2.28. The molecule has 0 bridgehead atoms. The maximum absolute atomic E-state index is 6.38. The number of aryl methyl sites for hydroxylation is 1. The van der Waals surface area contributed by atoms with Gasteiger partial charge in [0.15, 0.2) is 0 Å². The van der Waals surface area contributed by atoms with Crippen molar-refractivity contribution in [3.05, 3.63) is 91.9 Å². The third-order valence-corrected chi connectivity index (χ3v) is 5.17. The smallest absolute Gasteiger partial charge is 0.138 e. The van der Waals surface area contributed by atoms with E-state index in [9.17, 15) is 0 Å². The van der Waals surface area contributed by atoms with Gasteiger partial charge in [0.2, 0.25) is 0 Å². The molecule has 0 spiro atoms. The summed E-state index contributed by atoms with van der Waals surface area (Å²) in [7, 11) is 0. The van der Waals surface area contributed by atoms with E-state index in [4.69, 9.17) is 27.9 Å². The van der Waals surface area contributed by atoms with Gasteiger partial charge in [-0.25, -0.2) is 0 Å². The van der Waals surface area contributed by atoms with E-state index in [1.54, 1.807) is 0 Å². The topological polar surface area (TPSA) is 21.3 Å². The fourth-order valence-electron chi connectivity index (χ4n) is 2.57. The van der Waals surface area contributed by atoms with Gasteiger partial charge in [-0.1, -0.05) is 63.4 Å². The Morgan fingerprint density at radius 1 is 0.962 bits per heavy atom. The summed E-state index contributed by atoms with van der Waals surface area (Å²) < 4.78 is 6.88. The van der Waals surface area contributed by atoms with Crippen LogP contribution in [-0.4, -0.2) is 0 Å². The lowest BCUT2D eigenvalue weighted by Crippen LogP contribution is -2.02. The zero-order valence-corrected chi connectivity index (χ0v) is 17.3. The fraction of sp³-hybridized carbons (Fsp3) is 0.143. The summed E-state index contributed by atoms with van der Waals surface area (Å²) in [5, 5.41) is 4.71. The zero-order valence-electron chi connectivity index (χ0n) is 14.2. The Bertz CT molecular complexity index is 914. The monoisotopic (exact) mass is 449 g/mol. The van der Waals surface area contributed by atoms with Crippen molar-refractivity contribution in [2.24, 2.45) is 0 Å². The predicted octanol–water partition coefficient (Wildman–Crippen LogP) is 7.26. The van der Waals surface area contributed by atoms with Crippen LogP contribution < -0.4 is 10.1 Å². The maximum Gasteiger partial charge on any atom is 0.138 e. The second kappa shape index (κ2) is 8.81. The van der Waals surface area contributed by atoms with Gasteiger partial charge in [-0.2, -0.15) is 0 Å². The standard InChI is InChI=1S/C21H18BrCl2NO/c1-14-10-17(22)7-8-20(14)25-12-15-6-9-21(19(24)11-15)26-13-16-4-2-3-5-18(16)23/h2-11,25H,12-13H2,1H3. The Labute approximate surface area is 172 Å². The molecule has 0 unspecified atom stereocenters. The molecule has 0 saturated carbocycles. The summed E-state index contributed by atoms with van der Waals surface area (Å²) in [5.41, 5.74) is 4.30. The normalized spacial score (nSPS) is 10.6. The van der Waals surface area contributed by atoms with Gasteiger partial charge in [-0.3, -0.25) is 0 Å². The van der Waals surface area contributed by atoms with Crippen molar-refractivity contribution in [3.8, 4) is 5.75 Å². The highest BCUT2D eigenvalue weighted by molar-refractivity contribution is 9.10. The zero-order chi connectivity index (χ0) is 18.5. The predicted molar refractivity (Wildman–Crippen MR) is 113 cm³/mol. The van der Waals surface area contributed by atoms with Crippen molar-refractivity contribution in [1.29, 1.82) is 0 Å². The third kappa shape index (κ3) is 4.94. The highest BCUT2D eigenvalue weighted by atomic mass is 79.9. The van der Waals surface area contributed by atoms with Crippen LogP contribution in [0.3, 0.4) is 0 Å². The Balaban J connectivity index is 1.63. The molecule has 0 aliphatic carbocycles. The average molecular weight is 451 g/mol. The number of benzene rings is 3. The Morgan fingerprint density at radius 3 is 2.50 bits per heavy atom. The number of nitrogens with one attached hydrogen (secondary N) is 1. The summed E-state index contributed by atoms with van der Waals surface area (Å²) in [6, 6.07) is 19.6. The molecule has 3 rings (SSSR count).